The summed E-state index contributed by atoms with van der Waals surface area (Å²) in [5.41, 5.74) is 0. The fourth-order valence-electron chi connectivity index (χ4n) is 2.14. The largest absolute Gasteiger partial charge is 0.481 e. The number of carbonyl (C=O) groups is 3. The molecule has 0 aliphatic carbocycles. The second kappa shape index (κ2) is 8.52. The van der Waals surface area contributed by atoms with E-state index in [9.17, 15) is 14.4 Å². The van der Waals surface area contributed by atoms with Crippen LogP contribution in [0.5, 0.6) is 0 Å². The van der Waals surface area contributed by atoms with E-state index in [2.05, 4.69) is 5.32 Å². The first kappa shape index (κ1) is 16.4. The molecule has 0 saturated carbocycles. The number of ether oxygens (including phenoxy) is 1. The molecule has 2 N–H and O–H groups in total. The number of urea groups is 1. The Morgan fingerprint density at radius 1 is 1.30 bits per heavy atom. The molecule has 1 saturated heterocycles. The van der Waals surface area contributed by atoms with E-state index in [1.54, 1.807) is 12.0 Å². The lowest BCUT2D eigenvalue weighted by molar-refractivity contribution is -0.137. The maximum atomic E-state index is 11.9. The highest BCUT2D eigenvalue weighted by molar-refractivity contribution is 5.94. The number of hydrogen-bond donors (Lipinski definition) is 2. The van der Waals surface area contributed by atoms with Gasteiger partial charge in [-0.3, -0.25) is 14.9 Å². The van der Waals surface area contributed by atoms with Gasteiger partial charge in [0.2, 0.25) is 5.91 Å². The van der Waals surface area contributed by atoms with Crippen LogP contribution in [-0.2, 0) is 14.3 Å². The molecule has 0 aromatic heterocycles. The molecule has 1 aliphatic rings. The topological polar surface area (TPSA) is 95.9 Å². The van der Waals surface area contributed by atoms with Gasteiger partial charge in [0.25, 0.3) is 0 Å². The summed E-state index contributed by atoms with van der Waals surface area (Å²) in [6, 6.07) is -0.394. The molecule has 20 heavy (non-hydrogen) atoms. The van der Waals surface area contributed by atoms with Crippen LogP contribution in [0.25, 0.3) is 0 Å². The Morgan fingerprint density at radius 3 is 2.65 bits per heavy atom. The van der Waals surface area contributed by atoms with Crippen LogP contribution in [0.15, 0.2) is 0 Å². The smallest absolute Gasteiger partial charge is 0.324 e. The maximum absolute atomic E-state index is 11.9. The van der Waals surface area contributed by atoms with Gasteiger partial charge in [-0.1, -0.05) is 0 Å². The van der Waals surface area contributed by atoms with Gasteiger partial charge in [-0.25, -0.2) is 4.79 Å². The van der Waals surface area contributed by atoms with Crippen LogP contribution in [0.1, 0.15) is 38.5 Å². The number of carboxylic acid groups (broad SMARTS) is 1. The van der Waals surface area contributed by atoms with Crippen molar-refractivity contribution in [2.75, 3.05) is 20.2 Å². The van der Waals surface area contributed by atoms with Crippen molar-refractivity contribution in [3.05, 3.63) is 0 Å². The van der Waals surface area contributed by atoms with E-state index in [4.69, 9.17) is 9.84 Å². The average Bonchev–Trinajstić information content (AvgIpc) is 2.43. The number of unbranched alkanes of at least 4 members (excludes halogenated alkanes) is 1. The minimum atomic E-state index is -0.875. The van der Waals surface area contributed by atoms with E-state index in [1.165, 1.54) is 0 Å². The zero-order valence-corrected chi connectivity index (χ0v) is 11.8. The lowest BCUT2D eigenvalue weighted by Crippen LogP contribution is -2.49. The summed E-state index contributed by atoms with van der Waals surface area (Å²) in [7, 11) is 1.61. The fraction of sp³-hybridized carbons (Fsp3) is 0.769. The number of carbonyl (C=O) groups excluding carboxylic acids is 2. The standard InChI is InChI=1S/C13H22N2O5/c1-20-10-5-4-8-15(9-10)13(19)14-11(16)6-2-3-7-12(17)18/h10H,2-9H2,1H3,(H,17,18)(H,14,16,19). The minimum Gasteiger partial charge on any atom is -0.481 e. The monoisotopic (exact) mass is 286 g/mol. The Labute approximate surface area is 118 Å². The van der Waals surface area contributed by atoms with Gasteiger partial charge in [-0.05, 0) is 25.7 Å². The van der Waals surface area contributed by atoms with Crippen molar-refractivity contribution in [3.8, 4) is 0 Å². The summed E-state index contributed by atoms with van der Waals surface area (Å²) in [6.45, 7) is 1.12. The van der Waals surface area contributed by atoms with Crippen LogP contribution in [0.4, 0.5) is 4.79 Å². The summed E-state index contributed by atoms with van der Waals surface area (Å²) < 4.78 is 5.22. The van der Waals surface area contributed by atoms with Gasteiger partial charge >= 0.3 is 12.0 Å². The lowest BCUT2D eigenvalue weighted by Gasteiger charge is -2.31. The third-order valence-electron chi connectivity index (χ3n) is 3.29. The molecule has 3 amide bonds. The second-order valence-corrected chi connectivity index (χ2v) is 4.90. The van der Waals surface area contributed by atoms with Crippen LogP contribution in [0.3, 0.4) is 0 Å². The number of likely N-dealkylation sites (tertiary alicyclic amines) is 1. The van der Waals surface area contributed by atoms with Gasteiger partial charge in [0, 0.05) is 33.0 Å². The third-order valence-corrected chi connectivity index (χ3v) is 3.29. The molecular weight excluding hydrogens is 264 g/mol. The van der Waals surface area contributed by atoms with E-state index in [-0.39, 0.29) is 24.9 Å². The number of carboxylic acids is 1. The number of amides is 3. The summed E-state index contributed by atoms with van der Waals surface area (Å²) in [4.78, 5) is 35.3. The molecule has 1 rings (SSSR count). The molecule has 1 atom stereocenters. The van der Waals surface area contributed by atoms with Crippen molar-refractivity contribution in [3.63, 3.8) is 0 Å². The van der Waals surface area contributed by atoms with Crippen LogP contribution < -0.4 is 5.32 Å². The molecule has 7 nitrogen and oxygen atoms in total. The van der Waals surface area contributed by atoms with Gasteiger partial charge in [0.1, 0.15) is 0 Å². The number of piperidine rings is 1. The second-order valence-electron chi connectivity index (χ2n) is 4.90. The SMILES string of the molecule is COC1CCCN(C(=O)NC(=O)CCCCC(=O)O)C1. The Hall–Kier alpha value is -1.63. The Morgan fingerprint density at radius 2 is 2.00 bits per heavy atom. The zero-order chi connectivity index (χ0) is 15.0. The highest BCUT2D eigenvalue weighted by Crippen LogP contribution is 2.12. The number of nitrogens with one attached hydrogen (secondary N) is 1. The third kappa shape index (κ3) is 6.01. The van der Waals surface area contributed by atoms with Crippen LogP contribution in [-0.4, -0.2) is 54.2 Å². The summed E-state index contributed by atoms with van der Waals surface area (Å²) >= 11 is 0. The van der Waals surface area contributed by atoms with Crippen molar-refractivity contribution in [1.29, 1.82) is 0 Å². The number of rotatable bonds is 6. The number of hydrogen-bond acceptors (Lipinski definition) is 4. The molecular formula is C13H22N2O5. The molecule has 0 spiro atoms. The molecule has 0 aromatic rings. The number of aliphatic carboxylic acids is 1. The van der Waals surface area contributed by atoms with Crippen molar-refractivity contribution in [1.82, 2.24) is 10.2 Å². The highest BCUT2D eigenvalue weighted by atomic mass is 16.5. The average molecular weight is 286 g/mol. The number of nitrogens with zero attached hydrogens (tertiary/aromatic N) is 1. The lowest BCUT2D eigenvalue weighted by atomic mass is 10.1. The molecule has 1 fully saturated rings. The Balaban J connectivity index is 2.23. The van der Waals surface area contributed by atoms with Crippen LogP contribution in [0.2, 0.25) is 0 Å². The van der Waals surface area contributed by atoms with Gasteiger partial charge in [-0.2, -0.15) is 0 Å². The van der Waals surface area contributed by atoms with E-state index < -0.39 is 12.0 Å². The van der Waals surface area contributed by atoms with Crippen molar-refractivity contribution in [2.24, 2.45) is 0 Å². The molecule has 1 heterocycles. The van der Waals surface area contributed by atoms with Gasteiger partial charge in [0.05, 0.1) is 6.10 Å². The molecule has 0 aromatic carbocycles. The van der Waals surface area contributed by atoms with Gasteiger partial charge in [-0.15, -0.1) is 0 Å². The first-order chi connectivity index (χ1) is 9.52. The van der Waals surface area contributed by atoms with E-state index in [1.807, 2.05) is 0 Å². The molecule has 114 valence electrons. The molecule has 0 bridgehead atoms. The molecule has 1 aliphatic heterocycles. The number of imide groups is 1. The Bertz CT molecular complexity index is 359. The predicted octanol–water partition coefficient (Wildman–Crippen LogP) is 0.978. The highest BCUT2D eigenvalue weighted by Gasteiger charge is 2.24. The van der Waals surface area contributed by atoms with Gasteiger partial charge < -0.3 is 14.7 Å². The molecule has 7 heteroatoms. The van der Waals surface area contributed by atoms with E-state index in [0.29, 0.717) is 25.9 Å². The fourth-order valence-corrected chi connectivity index (χ4v) is 2.14. The summed E-state index contributed by atoms with van der Waals surface area (Å²) in [5.74, 6) is -1.24. The first-order valence-corrected chi connectivity index (χ1v) is 6.86. The summed E-state index contributed by atoms with van der Waals surface area (Å²) in [5, 5.41) is 10.8. The Kier molecular flexibility index (Phi) is 7.00. The normalized spacial score (nSPS) is 18.6. The van der Waals surface area contributed by atoms with Crippen molar-refractivity contribution in [2.45, 2.75) is 44.6 Å². The van der Waals surface area contributed by atoms with Crippen LogP contribution in [0, 0.1) is 0 Å². The number of methoxy groups -OCH3 is 1. The van der Waals surface area contributed by atoms with Crippen molar-refractivity contribution >= 4 is 17.9 Å². The zero-order valence-electron chi connectivity index (χ0n) is 11.8. The minimum absolute atomic E-state index is 0.0279. The van der Waals surface area contributed by atoms with Crippen molar-refractivity contribution < 1.29 is 24.2 Å². The molecule has 0 radical (unpaired) electrons. The van der Waals surface area contributed by atoms with Gasteiger partial charge in [0.15, 0.2) is 0 Å². The molecule has 1 unspecified atom stereocenters. The van der Waals surface area contributed by atoms with E-state index in [0.717, 1.165) is 12.8 Å². The predicted molar refractivity (Wildman–Crippen MR) is 71.2 cm³/mol. The first-order valence-electron chi connectivity index (χ1n) is 6.86. The quantitative estimate of drug-likeness (QED) is 0.709. The summed E-state index contributed by atoms with van der Waals surface area (Å²) in [6.07, 6.45) is 2.92. The maximum Gasteiger partial charge on any atom is 0.324 e. The van der Waals surface area contributed by atoms with E-state index >= 15 is 0 Å². The van der Waals surface area contributed by atoms with Crippen LogP contribution >= 0.6 is 0 Å².